The summed E-state index contributed by atoms with van der Waals surface area (Å²) < 4.78 is 13.3. The summed E-state index contributed by atoms with van der Waals surface area (Å²) >= 11 is 0. The number of likely N-dealkylation sites (tertiary alicyclic amines) is 1. The molecule has 2 aromatic heterocycles. The Morgan fingerprint density at radius 2 is 1.68 bits per heavy atom. The van der Waals surface area contributed by atoms with E-state index in [2.05, 4.69) is 9.97 Å². The van der Waals surface area contributed by atoms with Crippen LogP contribution in [-0.4, -0.2) is 50.1 Å². The van der Waals surface area contributed by atoms with Crippen molar-refractivity contribution in [3.8, 4) is 22.6 Å². The molecule has 1 aliphatic heterocycles. The standard InChI is InChI=1S/C28H30N6O4/c1-28(2,3)38-27(36)33-14-13-18(15-33)34-23(25(30)35)21(22-24(29)31-16-32-26(22)34)17-9-11-20(12-10-17)37-19-7-5-4-6-8-19/h4-12,16,18H,13-15H2,1-3H3,(H2,30,35)(H2,29,31,32). The van der Waals surface area contributed by atoms with Gasteiger partial charge in [-0.25, -0.2) is 14.8 Å². The fraction of sp³-hybridized carbons (Fsp3) is 0.286. The van der Waals surface area contributed by atoms with Crippen molar-refractivity contribution in [3.05, 3.63) is 66.6 Å². The normalized spacial score (nSPS) is 15.6. The second-order valence-corrected chi connectivity index (χ2v) is 10.2. The Bertz CT molecular complexity index is 1490. The van der Waals surface area contributed by atoms with Crippen molar-refractivity contribution < 1.29 is 19.1 Å². The number of hydrogen-bond acceptors (Lipinski definition) is 7. The van der Waals surface area contributed by atoms with Crippen molar-refractivity contribution in [2.45, 2.75) is 38.8 Å². The van der Waals surface area contributed by atoms with E-state index in [1.54, 1.807) is 9.47 Å². The van der Waals surface area contributed by atoms with Gasteiger partial charge in [-0.2, -0.15) is 0 Å². The quantitative estimate of drug-likeness (QED) is 0.392. The van der Waals surface area contributed by atoms with E-state index in [9.17, 15) is 9.59 Å². The van der Waals surface area contributed by atoms with Crippen LogP contribution in [0.2, 0.25) is 0 Å². The van der Waals surface area contributed by atoms with Crippen LogP contribution in [-0.2, 0) is 4.74 Å². The number of aromatic nitrogens is 3. The molecule has 10 heteroatoms. The number of anilines is 1. The fourth-order valence-electron chi connectivity index (χ4n) is 4.79. The summed E-state index contributed by atoms with van der Waals surface area (Å²) in [5.74, 6) is 0.955. The number of fused-ring (bicyclic) bond motifs is 1. The third-order valence-electron chi connectivity index (χ3n) is 6.35. The lowest BCUT2D eigenvalue weighted by atomic mass is 10.0. The number of nitrogens with zero attached hydrogens (tertiary/aromatic N) is 4. The topological polar surface area (TPSA) is 139 Å². The molecule has 5 rings (SSSR count). The van der Waals surface area contributed by atoms with Crippen molar-refractivity contribution in [2.75, 3.05) is 18.8 Å². The minimum atomic E-state index is -0.627. The number of carbonyl (C=O) groups excluding carboxylic acids is 2. The Morgan fingerprint density at radius 3 is 2.34 bits per heavy atom. The first-order valence-electron chi connectivity index (χ1n) is 12.4. The van der Waals surface area contributed by atoms with Crippen molar-refractivity contribution in [2.24, 2.45) is 5.73 Å². The molecular formula is C28H30N6O4. The van der Waals surface area contributed by atoms with E-state index >= 15 is 0 Å². The summed E-state index contributed by atoms with van der Waals surface area (Å²) in [5.41, 5.74) is 13.7. The fourth-order valence-corrected chi connectivity index (χ4v) is 4.79. The first-order valence-corrected chi connectivity index (χ1v) is 12.4. The van der Waals surface area contributed by atoms with Gasteiger partial charge in [0.05, 0.1) is 11.4 Å². The highest BCUT2D eigenvalue weighted by molar-refractivity contribution is 6.12. The Kier molecular flexibility index (Phi) is 6.40. The van der Waals surface area contributed by atoms with E-state index in [0.717, 1.165) is 0 Å². The molecule has 4 aromatic rings. The second-order valence-electron chi connectivity index (χ2n) is 10.2. The van der Waals surface area contributed by atoms with Crippen LogP contribution in [0.15, 0.2) is 60.9 Å². The molecule has 0 aliphatic carbocycles. The molecule has 0 radical (unpaired) electrons. The summed E-state index contributed by atoms with van der Waals surface area (Å²) in [7, 11) is 0. The Morgan fingerprint density at radius 1 is 1.00 bits per heavy atom. The number of para-hydroxylation sites is 1. The number of primary amides is 1. The molecule has 38 heavy (non-hydrogen) atoms. The lowest BCUT2D eigenvalue weighted by Crippen LogP contribution is -2.35. The molecule has 4 N–H and O–H groups in total. The minimum Gasteiger partial charge on any atom is -0.457 e. The SMILES string of the molecule is CC(C)(C)OC(=O)N1CCC(n2c(C(N)=O)c(-c3ccc(Oc4ccccc4)cc3)c3c(N)ncnc32)C1. The molecule has 1 aliphatic rings. The lowest BCUT2D eigenvalue weighted by Gasteiger charge is -2.24. The molecule has 3 heterocycles. The molecule has 0 saturated carbocycles. The Labute approximate surface area is 220 Å². The predicted octanol–water partition coefficient (Wildman–Crippen LogP) is 4.75. The third kappa shape index (κ3) is 4.84. The van der Waals surface area contributed by atoms with E-state index in [1.807, 2.05) is 75.4 Å². The van der Waals surface area contributed by atoms with E-state index in [0.29, 0.717) is 53.2 Å². The van der Waals surface area contributed by atoms with Crippen LogP contribution in [0.25, 0.3) is 22.2 Å². The largest absolute Gasteiger partial charge is 0.457 e. The zero-order valence-corrected chi connectivity index (χ0v) is 21.5. The second kappa shape index (κ2) is 9.70. The molecule has 1 unspecified atom stereocenters. The van der Waals surface area contributed by atoms with Gasteiger partial charge in [0.2, 0.25) is 0 Å². The number of benzene rings is 2. The zero-order chi connectivity index (χ0) is 27.0. The van der Waals surface area contributed by atoms with E-state index in [4.69, 9.17) is 20.9 Å². The van der Waals surface area contributed by atoms with Crippen LogP contribution in [0, 0.1) is 0 Å². The van der Waals surface area contributed by atoms with E-state index < -0.39 is 17.6 Å². The summed E-state index contributed by atoms with van der Waals surface area (Å²) in [4.78, 5) is 36.0. The van der Waals surface area contributed by atoms with Crippen LogP contribution >= 0.6 is 0 Å². The Balaban J connectivity index is 1.56. The first kappa shape index (κ1) is 25.1. The molecule has 1 saturated heterocycles. The van der Waals surface area contributed by atoms with Crippen LogP contribution in [0.5, 0.6) is 11.5 Å². The lowest BCUT2D eigenvalue weighted by molar-refractivity contribution is 0.0289. The number of amides is 2. The molecule has 0 bridgehead atoms. The molecule has 2 amide bonds. The van der Waals surface area contributed by atoms with Crippen molar-refractivity contribution in [1.82, 2.24) is 19.4 Å². The van der Waals surface area contributed by atoms with Gasteiger partial charge >= 0.3 is 6.09 Å². The third-order valence-corrected chi connectivity index (χ3v) is 6.35. The van der Waals surface area contributed by atoms with Gasteiger partial charge in [0.15, 0.2) is 0 Å². The molecule has 0 spiro atoms. The van der Waals surface area contributed by atoms with Gasteiger partial charge in [0.1, 0.15) is 40.6 Å². The average Bonchev–Trinajstić information content (AvgIpc) is 3.48. The number of hydrogen-bond donors (Lipinski definition) is 2. The highest BCUT2D eigenvalue weighted by atomic mass is 16.6. The number of carbonyl (C=O) groups is 2. The summed E-state index contributed by atoms with van der Waals surface area (Å²) in [6, 6.07) is 16.5. The molecule has 10 nitrogen and oxygen atoms in total. The summed E-state index contributed by atoms with van der Waals surface area (Å²) in [6.45, 7) is 6.28. The number of nitrogens with two attached hydrogens (primary N) is 2. The number of ether oxygens (including phenoxy) is 2. The molecule has 1 fully saturated rings. The van der Waals surface area contributed by atoms with Gasteiger partial charge in [0.25, 0.3) is 5.91 Å². The number of rotatable bonds is 5. The molecular weight excluding hydrogens is 484 g/mol. The van der Waals surface area contributed by atoms with Crippen LogP contribution < -0.4 is 16.2 Å². The molecule has 196 valence electrons. The highest BCUT2D eigenvalue weighted by Gasteiger charge is 2.35. The maximum Gasteiger partial charge on any atom is 0.410 e. The van der Waals surface area contributed by atoms with Gasteiger partial charge in [-0.1, -0.05) is 30.3 Å². The molecule has 1 atom stereocenters. The van der Waals surface area contributed by atoms with Crippen molar-refractivity contribution in [1.29, 1.82) is 0 Å². The van der Waals surface area contributed by atoms with Crippen LogP contribution in [0.3, 0.4) is 0 Å². The molecule has 2 aromatic carbocycles. The summed E-state index contributed by atoms with van der Waals surface area (Å²) in [6.07, 6.45) is 1.55. The van der Waals surface area contributed by atoms with Gasteiger partial charge in [-0.05, 0) is 57.0 Å². The highest BCUT2D eigenvalue weighted by Crippen LogP contribution is 2.40. The average molecular weight is 515 g/mol. The van der Waals surface area contributed by atoms with Gasteiger partial charge in [0, 0.05) is 18.7 Å². The van der Waals surface area contributed by atoms with E-state index in [-0.39, 0.29) is 17.6 Å². The maximum atomic E-state index is 12.9. The predicted molar refractivity (Wildman–Crippen MR) is 144 cm³/mol. The van der Waals surface area contributed by atoms with Crippen molar-refractivity contribution >= 4 is 28.9 Å². The van der Waals surface area contributed by atoms with Crippen LogP contribution in [0.4, 0.5) is 10.6 Å². The first-order chi connectivity index (χ1) is 18.1. The van der Waals surface area contributed by atoms with E-state index in [1.165, 1.54) is 6.33 Å². The smallest absolute Gasteiger partial charge is 0.410 e. The zero-order valence-electron chi connectivity index (χ0n) is 21.5. The number of nitrogen functional groups attached to an aromatic ring is 1. The Hall–Kier alpha value is -4.60. The van der Waals surface area contributed by atoms with Gasteiger partial charge < -0.3 is 30.4 Å². The summed E-state index contributed by atoms with van der Waals surface area (Å²) in [5, 5.41) is 0.536. The van der Waals surface area contributed by atoms with Crippen molar-refractivity contribution in [3.63, 3.8) is 0 Å². The van der Waals surface area contributed by atoms with Gasteiger partial charge in [-0.15, -0.1) is 0 Å². The van der Waals surface area contributed by atoms with Gasteiger partial charge in [-0.3, -0.25) is 4.79 Å². The van der Waals surface area contributed by atoms with Crippen LogP contribution in [0.1, 0.15) is 43.7 Å². The monoisotopic (exact) mass is 514 g/mol. The minimum absolute atomic E-state index is 0.234. The maximum absolute atomic E-state index is 12.9.